The summed E-state index contributed by atoms with van der Waals surface area (Å²) in [6.45, 7) is 2.04. The van der Waals surface area contributed by atoms with Crippen molar-refractivity contribution in [2.24, 2.45) is 5.92 Å². The zero-order valence-corrected chi connectivity index (χ0v) is 9.22. The van der Waals surface area contributed by atoms with E-state index in [1.54, 1.807) is 19.3 Å². The highest BCUT2D eigenvalue weighted by molar-refractivity contribution is 5.75. The molecule has 0 aromatic carbocycles. The summed E-state index contributed by atoms with van der Waals surface area (Å²) < 4.78 is 4.81. The molecule has 1 heterocycles. The standard InChI is InChI=1S/C12H14N2O2/c1-2-16-12(15)11(8-13)6-5-10-4-3-7-14-9-10/h3-4,7,9,11H,2,5-6H2,1H3/t11-/m0/s1. The van der Waals surface area contributed by atoms with Gasteiger partial charge in [-0.25, -0.2) is 0 Å². The van der Waals surface area contributed by atoms with Gasteiger partial charge in [0.05, 0.1) is 12.7 Å². The number of aryl methyl sites for hydroxylation is 1. The molecule has 0 N–H and O–H groups in total. The van der Waals surface area contributed by atoms with E-state index < -0.39 is 11.9 Å². The topological polar surface area (TPSA) is 63.0 Å². The lowest BCUT2D eigenvalue weighted by molar-refractivity contribution is -0.146. The van der Waals surface area contributed by atoms with Gasteiger partial charge in [-0.15, -0.1) is 0 Å². The van der Waals surface area contributed by atoms with Gasteiger partial charge in [-0.2, -0.15) is 5.26 Å². The Bertz CT molecular complexity index is 370. The lowest BCUT2D eigenvalue weighted by Gasteiger charge is -2.07. The predicted octanol–water partition coefficient (Wildman–Crippen LogP) is 1.72. The molecular weight excluding hydrogens is 204 g/mol. The maximum Gasteiger partial charge on any atom is 0.323 e. The summed E-state index contributed by atoms with van der Waals surface area (Å²) in [4.78, 5) is 15.3. The molecule has 0 unspecified atom stereocenters. The second-order valence-electron chi connectivity index (χ2n) is 3.33. The number of carbonyl (C=O) groups is 1. The molecule has 1 aromatic heterocycles. The monoisotopic (exact) mass is 218 g/mol. The fourth-order valence-corrected chi connectivity index (χ4v) is 1.33. The summed E-state index contributed by atoms with van der Waals surface area (Å²) in [5.74, 6) is -1.12. The van der Waals surface area contributed by atoms with E-state index in [-0.39, 0.29) is 0 Å². The Morgan fingerprint density at radius 2 is 2.50 bits per heavy atom. The van der Waals surface area contributed by atoms with Gasteiger partial charge < -0.3 is 4.74 Å². The van der Waals surface area contributed by atoms with Gasteiger partial charge in [-0.1, -0.05) is 6.07 Å². The Kier molecular flexibility index (Phi) is 5.00. The minimum absolute atomic E-state index is 0.309. The molecule has 1 rings (SSSR count). The number of hydrogen-bond donors (Lipinski definition) is 0. The van der Waals surface area contributed by atoms with Gasteiger partial charge in [0, 0.05) is 12.4 Å². The number of carbonyl (C=O) groups excluding carboxylic acids is 1. The van der Waals surface area contributed by atoms with Crippen molar-refractivity contribution in [2.45, 2.75) is 19.8 Å². The lowest BCUT2D eigenvalue weighted by atomic mass is 10.0. The number of ether oxygens (including phenoxy) is 1. The highest BCUT2D eigenvalue weighted by Gasteiger charge is 2.18. The van der Waals surface area contributed by atoms with Crippen LogP contribution in [-0.2, 0) is 16.0 Å². The van der Waals surface area contributed by atoms with Crippen LogP contribution in [0.25, 0.3) is 0 Å². The Morgan fingerprint density at radius 1 is 1.69 bits per heavy atom. The van der Waals surface area contributed by atoms with Crippen LogP contribution in [0.3, 0.4) is 0 Å². The molecule has 0 aliphatic heterocycles. The van der Waals surface area contributed by atoms with Crippen LogP contribution in [0.5, 0.6) is 0 Å². The minimum Gasteiger partial charge on any atom is -0.465 e. The van der Waals surface area contributed by atoms with E-state index in [0.717, 1.165) is 5.56 Å². The predicted molar refractivity (Wildman–Crippen MR) is 58.3 cm³/mol. The molecule has 84 valence electrons. The van der Waals surface area contributed by atoms with E-state index in [4.69, 9.17) is 10.00 Å². The number of hydrogen-bond acceptors (Lipinski definition) is 4. The Labute approximate surface area is 94.9 Å². The van der Waals surface area contributed by atoms with E-state index in [2.05, 4.69) is 4.98 Å². The average Bonchev–Trinajstić information content (AvgIpc) is 2.31. The second kappa shape index (κ2) is 6.57. The van der Waals surface area contributed by atoms with Crippen LogP contribution in [0.15, 0.2) is 24.5 Å². The van der Waals surface area contributed by atoms with E-state index >= 15 is 0 Å². The zero-order valence-electron chi connectivity index (χ0n) is 9.22. The molecule has 4 nitrogen and oxygen atoms in total. The third-order valence-corrected chi connectivity index (χ3v) is 2.17. The third kappa shape index (κ3) is 3.70. The van der Waals surface area contributed by atoms with Crippen molar-refractivity contribution in [1.29, 1.82) is 5.26 Å². The molecule has 0 bridgehead atoms. The fourth-order valence-electron chi connectivity index (χ4n) is 1.33. The summed E-state index contributed by atoms with van der Waals surface area (Å²) in [5.41, 5.74) is 1.02. The Hall–Kier alpha value is -1.89. The molecule has 4 heteroatoms. The zero-order chi connectivity index (χ0) is 11.8. The maximum atomic E-state index is 11.3. The van der Waals surface area contributed by atoms with Gasteiger partial charge >= 0.3 is 5.97 Å². The van der Waals surface area contributed by atoms with Gasteiger partial charge in [0.1, 0.15) is 5.92 Å². The molecule has 0 aliphatic carbocycles. The summed E-state index contributed by atoms with van der Waals surface area (Å²) in [6, 6.07) is 5.72. The molecule has 0 amide bonds. The first-order valence-corrected chi connectivity index (χ1v) is 5.23. The van der Waals surface area contributed by atoms with E-state index in [1.807, 2.05) is 18.2 Å². The Balaban J connectivity index is 2.47. The first-order valence-electron chi connectivity index (χ1n) is 5.23. The highest BCUT2D eigenvalue weighted by Crippen LogP contribution is 2.10. The number of nitriles is 1. The molecule has 0 saturated heterocycles. The van der Waals surface area contributed by atoms with Crippen molar-refractivity contribution in [3.05, 3.63) is 30.1 Å². The van der Waals surface area contributed by atoms with Crippen LogP contribution < -0.4 is 0 Å². The van der Waals surface area contributed by atoms with Gasteiger partial charge in [0.2, 0.25) is 0 Å². The van der Waals surface area contributed by atoms with Crippen LogP contribution >= 0.6 is 0 Å². The molecule has 0 radical (unpaired) electrons. The number of esters is 1. The summed E-state index contributed by atoms with van der Waals surface area (Å²) >= 11 is 0. The van der Waals surface area contributed by atoms with Crippen LogP contribution in [0.1, 0.15) is 18.9 Å². The SMILES string of the molecule is CCOC(=O)[C@H](C#N)CCc1cccnc1. The molecule has 0 saturated carbocycles. The van der Waals surface area contributed by atoms with Crippen LogP contribution in [0.4, 0.5) is 0 Å². The molecule has 0 spiro atoms. The van der Waals surface area contributed by atoms with Crippen molar-refractivity contribution in [3.8, 4) is 6.07 Å². The van der Waals surface area contributed by atoms with Gasteiger partial charge in [0.15, 0.2) is 0 Å². The van der Waals surface area contributed by atoms with Gasteiger partial charge in [0.25, 0.3) is 0 Å². The normalized spacial score (nSPS) is 11.5. The first kappa shape index (κ1) is 12.2. The molecule has 1 atom stereocenters. The van der Waals surface area contributed by atoms with Crippen molar-refractivity contribution in [1.82, 2.24) is 4.98 Å². The molecule has 16 heavy (non-hydrogen) atoms. The maximum absolute atomic E-state index is 11.3. The van der Waals surface area contributed by atoms with Gasteiger partial charge in [-0.05, 0) is 31.4 Å². The highest BCUT2D eigenvalue weighted by atomic mass is 16.5. The average molecular weight is 218 g/mol. The lowest BCUT2D eigenvalue weighted by Crippen LogP contribution is -2.16. The third-order valence-electron chi connectivity index (χ3n) is 2.17. The quantitative estimate of drug-likeness (QED) is 0.706. The van der Waals surface area contributed by atoms with Gasteiger partial charge in [-0.3, -0.25) is 9.78 Å². The van der Waals surface area contributed by atoms with Crippen LogP contribution in [0, 0.1) is 17.2 Å². The van der Waals surface area contributed by atoms with E-state index in [9.17, 15) is 4.79 Å². The van der Waals surface area contributed by atoms with Crippen molar-refractivity contribution < 1.29 is 9.53 Å². The molecule has 1 aromatic rings. The summed E-state index contributed by atoms with van der Waals surface area (Å²) in [6.07, 6.45) is 4.56. The fraction of sp³-hybridized carbons (Fsp3) is 0.417. The Morgan fingerprint density at radius 3 is 3.06 bits per heavy atom. The minimum atomic E-state index is -0.680. The molecule has 0 fully saturated rings. The van der Waals surface area contributed by atoms with Crippen LogP contribution in [-0.4, -0.2) is 17.6 Å². The largest absolute Gasteiger partial charge is 0.465 e. The van der Waals surface area contributed by atoms with E-state index in [0.29, 0.717) is 19.4 Å². The van der Waals surface area contributed by atoms with Crippen molar-refractivity contribution in [3.63, 3.8) is 0 Å². The molecule has 0 aliphatic rings. The molecular formula is C12H14N2O2. The van der Waals surface area contributed by atoms with Crippen molar-refractivity contribution in [2.75, 3.05) is 6.61 Å². The number of aromatic nitrogens is 1. The number of pyridine rings is 1. The van der Waals surface area contributed by atoms with Crippen LogP contribution in [0.2, 0.25) is 0 Å². The number of rotatable bonds is 5. The first-order chi connectivity index (χ1) is 7.77. The number of nitrogens with zero attached hydrogens (tertiary/aromatic N) is 2. The summed E-state index contributed by atoms with van der Waals surface area (Å²) in [7, 11) is 0. The smallest absolute Gasteiger partial charge is 0.323 e. The summed E-state index contributed by atoms with van der Waals surface area (Å²) in [5, 5.41) is 8.83. The van der Waals surface area contributed by atoms with E-state index in [1.165, 1.54) is 0 Å². The van der Waals surface area contributed by atoms with Crippen molar-refractivity contribution >= 4 is 5.97 Å². The second-order valence-corrected chi connectivity index (χ2v) is 3.33.